The lowest BCUT2D eigenvalue weighted by Gasteiger charge is -2.34. The van der Waals surface area contributed by atoms with Gasteiger partial charge in [0.25, 0.3) is 0 Å². The molecule has 1 aliphatic heterocycles. The Kier molecular flexibility index (Phi) is 5.19. The average molecular weight is 437 g/mol. The normalized spacial score (nSPS) is 14.6. The quantitative estimate of drug-likeness (QED) is 0.481. The van der Waals surface area contributed by atoms with Crippen LogP contribution in [0.3, 0.4) is 0 Å². The molecule has 0 unspecified atom stereocenters. The molecule has 0 spiro atoms. The molecule has 4 aromatic rings. The molecular formula is C22H24N6O2S. The third kappa shape index (κ3) is 3.59. The van der Waals surface area contributed by atoms with Crippen LogP contribution in [0.2, 0.25) is 0 Å². The van der Waals surface area contributed by atoms with Crippen molar-refractivity contribution < 1.29 is 4.79 Å². The number of piperazine rings is 1. The highest BCUT2D eigenvalue weighted by Crippen LogP contribution is 2.27. The zero-order valence-electron chi connectivity index (χ0n) is 17.4. The maximum absolute atomic E-state index is 12.8. The molecule has 1 saturated heterocycles. The van der Waals surface area contributed by atoms with Gasteiger partial charge in [0, 0.05) is 51.9 Å². The van der Waals surface area contributed by atoms with Crippen LogP contribution in [-0.4, -0.2) is 56.1 Å². The lowest BCUT2D eigenvalue weighted by atomic mass is 10.2. The predicted octanol–water partition coefficient (Wildman–Crippen LogP) is 2.57. The van der Waals surface area contributed by atoms with Gasteiger partial charge in [0.15, 0.2) is 5.13 Å². The lowest BCUT2D eigenvalue weighted by Crippen LogP contribution is -2.49. The van der Waals surface area contributed by atoms with Crippen molar-refractivity contribution in [3.05, 3.63) is 53.1 Å². The van der Waals surface area contributed by atoms with Gasteiger partial charge in [-0.05, 0) is 31.2 Å². The second-order valence-electron chi connectivity index (χ2n) is 7.61. The number of pyridine rings is 1. The molecule has 1 amide bonds. The largest absolute Gasteiger partial charge is 0.344 e. The second-order valence-corrected chi connectivity index (χ2v) is 8.57. The molecule has 0 radical (unpaired) electrons. The molecule has 5 rings (SSSR count). The van der Waals surface area contributed by atoms with Gasteiger partial charge in [0.2, 0.25) is 5.91 Å². The monoisotopic (exact) mass is 436 g/mol. The molecule has 0 aliphatic carbocycles. The zero-order valence-corrected chi connectivity index (χ0v) is 18.2. The number of fused-ring (bicyclic) bond motifs is 2. The first-order chi connectivity index (χ1) is 15.2. The molecule has 1 fully saturated rings. The van der Waals surface area contributed by atoms with E-state index in [0.717, 1.165) is 39.6 Å². The molecule has 1 aromatic carbocycles. The summed E-state index contributed by atoms with van der Waals surface area (Å²) in [5.41, 5.74) is 2.67. The van der Waals surface area contributed by atoms with Crippen LogP contribution in [0.15, 0.2) is 47.4 Å². The van der Waals surface area contributed by atoms with Crippen molar-refractivity contribution in [3.63, 3.8) is 0 Å². The number of rotatable bonds is 5. The van der Waals surface area contributed by atoms with E-state index in [1.54, 1.807) is 26.7 Å². The van der Waals surface area contributed by atoms with Crippen LogP contribution in [0.1, 0.15) is 13.3 Å². The Hall–Kier alpha value is -3.20. The van der Waals surface area contributed by atoms with Crippen LogP contribution in [-0.2, 0) is 17.9 Å². The summed E-state index contributed by atoms with van der Waals surface area (Å²) >= 11 is 1.59. The number of imidazole rings is 1. The number of nitrogens with zero attached hydrogens (tertiary/aromatic N) is 6. The van der Waals surface area contributed by atoms with Crippen molar-refractivity contribution in [2.75, 3.05) is 31.1 Å². The molecule has 8 nitrogen and oxygen atoms in total. The molecule has 0 saturated carbocycles. The summed E-state index contributed by atoms with van der Waals surface area (Å²) in [7, 11) is 0. The molecule has 31 heavy (non-hydrogen) atoms. The number of hydrogen-bond donors (Lipinski definition) is 0. The Morgan fingerprint density at radius 1 is 1.03 bits per heavy atom. The predicted molar refractivity (Wildman–Crippen MR) is 123 cm³/mol. The fourth-order valence-electron chi connectivity index (χ4n) is 4.20. The summed E-state index contributed by atoms with van der Waals surface area (Å²) in [5.74, 6) is 0.0887. The molecule has 9 heteroatoms. The van der Waals surface area contributed by atoms with E-state index in [-0.39, 0.29) is 11.6 Å². The number of aryl methyl sites for hydroxylation is 2. The van der Waals surface area contributed by atoms with Gasteiger partial charge in [0.05, 0.1) is 11.0 Å². The van der Waals surface area contributed by atoms with E-state index in [2.05, 4.69) is 14.9 Å². The average Bonchev–Trinajstić information content (AvgIpc) is 3.36. The third-order valence-electron chi connectivity index (χ3n) is 5.85. The number of carbonyl (C=O) groups excluding carboxylic acids is 1. The van der Waals surface area contributed by atoms with Crippen molar-refractivity contribution in [1.29, 1.82) is 0 Å². The van der Waals surface area contributed by atoms with Gasteiger partial charge in [0.1, 0.15) is 10.3 Å². The minimum atomic E-state index is -0.0502. The molecule has 1 aliphatic rings. The van der Waals surface area contributed by atoms with Crippen LogP contribution in [0, 0.1) is 0 Å². The van der Waals surface area contributed by atoms with Crippen LogP contribution in [0.5, 0.6) is 0 Å². The standard InChI is InChI=1S/C22H24N6O2S/c1-2-27-17-7-3-4-8-18(17)28(22(27)30)11-9-19(29)25-12-14-26(15-13-25)21-24-16-6-5-10-23-20(16)31-21/h3-8,10H,2,9,11-15H2,1H3. The summed E-state index contributed by atoms with van der Waals surface area (Å²) < 4.78 is 3.48. The molecule has 160 valence electrons. The van der Waals surface area contributed by atoms with E-state index in [1.807, 2.05) is 48.2 Å². The van der Waals surface area contributed by atoms with Crippen LogP contribution < -0.4 is 10.6 Å². The number of aromatic nitrogens is 4. The molecule has 4 heterocycles. The molecule has 0 N–H and O–H groups in total. The highest BCUT2D eigenvalue weighted by atomic mass is 32.1. The highest BCUT2D eigenvalue weighted by Gasteiger charge is 2.23. The van der Waals surface area contributed by atoms with E-state index in [1.165, 1.54) is 0 Å². The number of thiazole rings is 1. The number of anilines is 1. The van der Waals surface area contributed by atoms with Gasteiger partial charge in [-0.1, -0.05) is 23.5 Å². The molecule has 0 atom stereocenters. The van der Waals surface area contributed by atoms with Crippen molar-refractivity contribution >= 4 is 43.8 Å². The maximum atomic E-state index is 12.8. The summed E-state index contributed by atoms with van der Waals surface area (Å²) in [4.78, 5) is 39.7. The summed E-state index contributed by atoms with van der Waals surface area (Å²) in [6.07, 6.45) is 2.10. The smallest absolute Gasteiger partial charge is 0.329 e. The van der Waals surface area contributed by atoms with E-state index >= 15 is 0 Å². The third-order valence-corrected chi connectivity index (χ3v) is 6.89. The van der Waals surface area contributed by atoms with Gasteiger partial charge in [-0.15, -0.1) is 0 Å². The van der Waals surface area contributed by atoms with Gasteiger partial charge < -0.3 is 9.80 Å². The molecule has 3 aromatic heterocycles. The second kappa shape index (κ2) is 8.14. The van der Waals surface area contributed by atoms with Gasteiger partial charge in [-0.3, -0.25) is 13.9 Å². The summed E-state index contributed by atoms with van der Waals surface area (Å²) in [6, 6.07) is 11.6. The number of hydrogen-bond acceptors (Lipinski definition) is 6. The van der Waals surface area contributed by atoms with E-state index < -0.39 is 0 Å². The van der Waals surface area contributed by atoms with E-state index in [9.17, 15) is 9.59 Å². The fraction of sp³-hybridized carbons (Fsp3) is 0.364. The SMILES string of the molecule is CCn1c(=O)n(CCC(=O)N2CCN(c3nc4cccnc4s3)CC2)c2ccccc21. The van der Waals surface area contributed by atoms with Crippen molar-refractivity contribution in [2.24, 2.45) is 0 Å². The van der Waals surface area contributed by atoms with E-state index in [4.69, 9.17) is 0 Å². The number of benzene rings is 1. The molecule has 0 bridgehead atoms. The topological polar surface area (TPSA) is 76.3 Å². The van der Waals surface area contributed by atoms with Crippen LogP contribution in [0.4, 0.5) is 5.13 Å². The first kappa shape index (κ1) is 19.7. The summed E-state index contributed by atoms with van der Waals surface area (Å²) in [5, 5.41) is 0.958. The minimum Gasteiger partial charge on any atom is -0.344 e. The zero-order chi connectivity index (χ0) is 21.4. The Labute approximate surface area is 183 Å². The van der Waals surface area contributed by atoms with Crippen LogP contribution in [0.25, 0.3) is 21.4 Å². The number of amides is 1. The first-order valence-corrected chi connectivity index (χ1v) is 11.4. The maximum Gasteiger partial charge on any atom is 0.329 e. The van der Waals surface area contributed by atoms with E-state index in [0.29, 0.717) is 32.6 Å². The fourth-order valence-corrected chi connectivity index (χ4v) is 5.16. The van der Waals surface area contributed by atoms with Crippen molar-refractivity contribution in [1.82, 2.24) is 24.0 Å². The van der Waals surface area contributed by atoms with Crippen LogP contribution >= 0.6 is 11.3 Å². The Morgan fingerprint density at radius 2 is 1.77 bits per heavy atom. The first-order valence-electron chi connectivity index (χ1n) is 10.6. The van der Waals surface area contributed by atoms with Gasteiger partial charge >= 0.3 is 5.69 Å². The summed E-state index contributed by atoms with van der Waals surface area (Å²) in [6.45, 7) is 5.80. The highest BCUT2D eigenvalue weighted by molar-refractivity contribution is 7.21. The van der Waals surface area contributed by atoms with Gasteiger partial charge in [-0.2, -0.15) is 0 Å². The van der Waals surface area contributed by atoms with Crippen molar-refractivity contribution in [2.45, 2.75) is 26.4 Å². The van der Waals surface area contributed by atoms with Crippen molar-refractivity contribution in [3.8, 4) is 0 Å². The Morgan fingerprint density at radius 3 is 2.48 bits per heavy atom. The molecular weight excluding hydrogens is 412 g/mol. The minimum absolute atomic E-state index is 0.0502. The number of carbonyl (C=O) groups is 1. The Balaban J connectivity index is 1.23. The Bertz CT molecular complexity index is 1270. The lowest BCUT2D eigenvalue weighted by molar-refractivity contribution is -0.131. The number of para-hydroxylation sites is 2. The van der Waals surface area contributed by atoms with Gasteiger partial charge in [-0.25, -0.2) is 14.8 Å².